The molecular formula is C8H12N4O3. The van der Waals surface area contributed by atoms with Gasteiger partial charge in [-0.1, -0.05) is 12.1 Å². The van der Waals surface area contributed by atoms with Crippen LogP contribution in [0.5, 0.6) is 5.75 Å². The van der Waals surface area contributed by atoms with E-state index in [0.29, 0.717) is 0 Å². The summed E-state index contributed by atoms with van der Waals surface area (Å²) in [4.78, 5) is 10.3. The Hall–Kier alpha value is -2.28. The summed E-state index contributed by atoms with van der Waals surface area (Å²) >= 11 is 0. The average Bonchev–Trinajstić information content (AvgIpc) is 2.19. The third-order valence-corrected chi connectivity index (χ3v) is 1.29. The zero-order chi connectivity index (χ0) is 11.8. The molecule has 1 rings (SSSR count). The van der Waals surface area contributed by atoms with E-state index in [9.17, 15) is 4.79 Å². The van der Waals surface area contributed by atoms with Gasteiger partial charge in [-0.3, -0.25) is 10.8 Å². The quantitative estimate of drug-likeness (QED) is 0.159. The van der Waals surface area contributed by atoms with Crippen LogP contribution in [0.3, 0.4) is 0 Å². The maximum Gasteiger partial charge on any atom is 0.339 e. The summed E-state index contributed by atoms with van der Waals surface area (Å²) < 4.78 is 0. The minimum Gasteiger partial charge on any atom is -0.507 e. The number of carboxylic acid groups (broad SMARTS) is 1. The van der Waals surface area contributed by atoms with Crippen molar-refractivity contribution in [1.82, 2.24) is 5.43 Å². The second-order valence-corrected chi connectivity index (χ2v) is 2.38. The lowest BCUT2D eigenvalue weighted by Gasteiger charge is -1.95. The van der Waals surface area contributed by atoms with Crippen molar-refractivity contribution < 1.29 is 15.0 Å². The minimum absolute atomic E-state index is 0.0671. The van der Waals surface area contributed by atoms with Crippen LogP contribution in [-0.4, -0.2) is 22.1 Å². The Bertz CT molecular complexity index is 353. The van der Waals surface area contributed by atoms with E-state index in [-0.39, 0.29) is 17.3 Å². The molecule has 0 unspecified atom stereocenters. The lowest BCUT2D eigenvalue weighted by molar-refractivity contribution is 0.0694. The number of rotatable bonds is 1. The highest BCUT2D eigenvalue weighted by atomic mass is 16.4. The number of para-hydroxylation sites is 1. The standard InChI is InChI=1S/C7H6O3.CH6N4/c8-6-4-2-1-3-5(6)7(9)10;2-1(3)5-4/h1-4,8H,(H,9,10);4H2,(H4,2,3,5). The molecule has 0 aliphatic heterocycles. The largest absolute Gasteiger partial charge is 0.507 e. The second-order valence-electron chi connectivity index (χ2n) is 2.38. The molecule has 8 N–H and O–H groups in total. The number of hydrogen-bond donors (Lipinski definition) is 6. The molecule has 82 valence electrons. The van der Waals surface area contributed by atoms with Gasteiger partial charge in [0.2, 0.25) is 0 Å². The van der Waals surface area contributed by atoms with E-state index in [1.807, 2.05) is 5.43 Å². The number of hydrazine groups is 1. The van der Waals surface area contributed by atoms with E-state index >= 15 is 0 Å². The number of hydrogen-bond acceptors (Lipinski definition) is 4. The Kier molecular flexibility index (Phi) is 5.27. The molecule has 0 fully saturated rings. The van der Waals surface area contributed by atoms with E-state index in [4.69, 9.17) is 15.6 Å². The zero-order valence-corrected chi connectivity index (χ0v) is 7.77. The van der Waals surface area contributed by atoms with Crippen LogP contribution in [0.1, 0.15) is 10.4 Å². The second kappa shape index (κ2) is 6.22. The molecule has 0 radical (unpaired) electrons. The molecule has 7 nitrogen and oxygen atoms in total. The molecule has 15 heavy (non-hydrogen) atoms. The molecule has 1 aromatic carbocycles. The van der Waals surface area contributed by atoms with E-state index in [1.165, 1.54) is 12.1 Å². The predicted molar refractivity (Wildman–Crippen MR) is 54.3 cm³/mol. The topological polar surface area (TPSA) is 145 Å². The fourth-order valence-electron chi connectivity index (χ4n) is 0.654. The average molecular weight is 212 g/mol. The summed E-state index contributed by atoms with van der Waals surface area (Å²) in [5.41, 5.74) is 6.46. The van der Waals surface area contributed by atoms with Crippen molar-refractivity contribution in [3.63, 3.8) is 0 Å². The zero-order valence-electron chi connectivity index (χ0n) is 7.77. The van der Waals surface area contributed by atoms with Crippen LogP contribution in [0.2, 0.25) is 0 Å². The molecule has 0 aliphatic rings. The van der Waals surface area contributed by atoms with E-state index < -0.39 is 5.97 Å². The van der Waals surface area contributed by atoms with Crippen LogP contribution >= 0.6 is 0 Å². The first-order valence-corrected chi connectivity index (χ1v) is 3.81. The van der Waals surface area contributed by atoms with Gasteiger partial charge in [0.05, 0.1) is 0 Å². The van der Waals surface area contributed by atoms with Crippen LogP contribution in [0.25, 0.3) is 0 Å². The van der Waals surface area contributed by atoms with Gasteiger partial charge in [-0.25, -0.2) is 10.6 Å². The van der Waals surface area contributed by atoms with Crippen molar-refractivity contribution >= 4 is 11.9 Å². The summed E-state index contributed by atoms with van der Waals surface area (Å²) in [7, 11) is 0. The number of aromatic carboxylic acids is 1. The fourth-order valence-corrected chi connectivity index (χ4v) is 0.654. The van der Waals surface area contributed by atoms with Crippen molar-refractivity contribution in [3.8, 4) is 5.75 Å². The van der Waals surface area contributed by atoms with Gasteiger partial charge in [-0.15, -0.1) is 0 Å². The van der Waals surface area contributed by atoms with Gasteiger partial charge in [0.25, 0.3) is 0 Å². The first kappa shape index (κ1) is 12.7. The molecule has 1 aromatic rings. The number of aromatic hydroxyl groups is 1. The van der Waals surface area contributed by atoms with Crippen LogP contribution < -0.4 is 17.0 Å². The third kappa shape index (κ3) is 5.11. The van der Waals surface area contributed by atoms with Crippen LogP contribution in [0.4, 0.5) is 0 Å². The van der Waals surface area contributed by atoms with Crippen molar-refractivity contribution in [2.45, 2.75) is 0 Å². The molecule has 0 atom stereocenters. The van der Waals surface area contributed by atoms with E-state index in [1.54, 1.807) is 12.1 Å². The Morgan fingerprint density at radius 1 is 1.40 bits per heavy atom. The minimum atomic E-state index is -1.11. The van der Waals surface area contributed by atoms with Crippen LogP contribution in [-0.2, 0) is 0 Å². The number of guanidine groups is 1. The van der Waals surface area contributed by atoms with Gasteiger partial charge >= 0.3 is 5.97 Å². The van der Waals surface area contributed by atoms with Crippen LogP contribution in [0.15, 0.2) is 24.3 Å². The third-order valence-electron chi connectivity index (χ3n) is 1.29. The van der Waals surface area contributed by atoms with E-state index in [0.717, 1.165) is 0 Å². The monoisotopic (exact) mass is 212 g/mol. The molecule has 0 saturated heterocycles. The first-order valence-electron chi connectivity index (χ1n) is 3.81. The van der Waals surface area contributed by atoms with Crippen molar-refractivity contribution in [3.05, 3.63) is 29.8 Å². The Balaban J connectivity index is 0.000000336. The number of carbonyl (C=O) groups is 1. The lowest BCUT2D eigenvalue weighted by Crippen LogP contribution is -2.35. The molecule has 0 aromatic heterocycles. The highest BCUT2D eigenvalue weighted by Crippen LogP contribution is 2.14. The van der Waals surface area contributed by atoms with Gasteiger partial charge < -0.3 is 15.9 Å². The van der Waals surface area contributed by atoms with Gasteiger partial charge in [0.1, 0.15) is 11.3 Å². The van der Waals surface area contributed by atoms with Gasteiger partial charge in [0.15, 0.2) is 5.96 Å². The molecule has 0 spiro atoms. The van der Waals surface area contributed by atoms with Crippen molar-refractivity contribution in [1.29, 1.82) is 5.41 Å². The smallest absolute Gasteiger partial charge is 0.339 e. The summed E-state index contributed by atoms with van der Waals surface area (Å²) in [6, 6.07) is 5.81. The number of benzene rings is 1. The predicted octanol–water partition coefficient (Wildman–Crippen LogP) is -0.566. The summed E-state index contributed by atoms with van der Waals surface area (Å²) in [6.07, 6.45) is 0. The number of nitrogens with one attached hydrogen (secondary N) is 2. The maximum atomic E-state index is 10.3. The number of carboxylic acids is 1. The van der Waals surface area contributed by atoms with Gasteiger partial charge in [0, 0.05) is 0 Å². The Labute approximate surface area is 85.8 Å². The van der Waals surface area contributed by atoms with E-state index in [2.05, 4.69) is 11.6 Å². The molecular weight excluding hydrogens is 200 g/mol. The molecule has 7 heteroatoms. The highest BCUT2D eigenvalue weighted by molar-refractivity contribution is 5.90. The Morgan fingerprint density at radius 3 is 2.13 bits per heavy atom. The Morgan fingerprint density at radius 2 is 1.87 bits per heavy atom. The molecule has 0 saturated carbocycles. The van der Waals surface area contributed by atoms with Crippen molar-refractivity contribution in [2.24, 2.45) is 11.6 Å². The SMILES string of the molecule is N=C(N)NN.O=C(O)c1ccccc1O. The highest BCUT2D eigenvalue weighted by Gasteiger charge is 2.05. The lowest BCUT2D eigenvalue weighted by atomic mass is 10.2. The van der Waals surface area contributed by atoms with Gasteiger partial charge in [-0.05, 0) is 12.1 Å². The maximum absolute atomic E-state index is 10.3. The molecule has 0 heterocycles. The first-order chi connectivity index (χ1) is 6.99. The summed E-state index contributed by atoms with van der Waals surface area (Å²) in [6.45, 7) is 0. The van der Waals surface area contributed by atoms with Crippen LogP contribution in [0, 0.1) is 5.41 Å². The normalized spacial score (nSPS) is 8.33. The number of phenols is 1. The molecule has 0 bridgehead atoms. The summed E-state index contributed by atoms with van der Waals surface area (Å²) in [5.74, 6) is 3.04. The molecule has 0 amide bonds. The number of nitrogens with two attached hydrogens (primary N) is 2. The molecule has 0 aliphatic carbocycles. The summed E-state index contributed by atoms with van der Waals surface area (Å²) in [5, 5.41) is 23.6. The van der Waals surface area contributed by atoms with Gasteiger partial charge in [-0.2, -0.15) is 0 Å². The fraction of sp³-hybridized carbons (Fsp3) is 0. The van der Waals surface area contributed by atoms with Crippen molar-refractivity contribution in [2.75, 3.05) is 0 Å².